The molecule has 0 saturated carbocycles. The van der Waals surface area contributed by atoms with Crippen LogP contribution in [0.25, 0.3) is 0 Å². The van der Waals surface area contributed by atoms with Crippen LogP contribution in [0.2, 0.25) is 0 Å². The number of amides is 1. The Hall–Kier alpha value is -2.36. The number of hydrogen-bond donors (Lipinski definition) is 2. The van der Waals surface area contributed by atoms with Crippen LogP contribution in [0.3, 0.4) is 0 Å². The Kier molecular flexibility index (Phi) is 4.13. The van der Waals surface area contributed by atoms with Crippen molar-refractivity contribution in [1.29, 1.82) is 0 Å². The Morgan fingerprint density at radius 1 is 1.26 bits per heavy atom. The number of hydrogen-bond acceptors (Lipinski definition) is 3. The van der Waals surface area contributed by atoms with E-state index < -0.39 is 0 Å². The van der Waals surface area contributed by atoms with Gasteiger partial charge in [-0.1, -0.05) is 18.2 Å². The summed E-state index contributed by atoms with van der Waals surface area (Å²) in [6.45, 7) is 2.43. The first-order chi connectivity index (χ1) is 9.18. The third kappa shape index (κ3) is 3.31. The highest BCUT2D eigenvalue weighted by Crippen LogP contribution is 2.15. The quantitative estimate of drug-likeness (QED) is 0.820. The second-order valence-electron chi connectivity index (χ2n) is 4.36. The summed E-state index contributed by atoms with van der Waals surface area (Å²) in [7, 11) is 0. The summed E-state index contributed by atoms with van der Waals surface area (Å²) in [5.41, 5.74) is 8.83. The Labute approximate surface area is 112 Å². The SMILES string of the molecule is Cc1cccc(C(=O)NCCc2ccccn2)c1N. The molecule has 0 aliphatic carbocycles. The van der Waals surface area contributed by atoms with E-state index in [9.17, 15) is 4.79 Å². The molecule has 0 aliphatic rings. The molecule has 3 N–H and O–H groups in total. The van der Waals surface area contributed by atoms with Crippen LogP contribution < -0.4 is 11.1 Å². The normalized spacial score (nSPS) is 10.2. The second kappa shape index (κ2) is 6.00. The van der Waals surface area contributed by atoms with Crippen LogP contribution in [-0.4, -0.2) is 17.4 Å². The molecule has 1 aromatic heterocycles. The fourth-order valence-corrected chi connectivity index (χ4v) is 1.82. The lowest BCUT2D eigenvalue weighted by molar-refractivity contribution is 0.0955. The maximum atomic E-state index is 12.0. The summed E-state index contributed by atoms with van der Waals surface area (Å²) in [6, 6.07) is 11.2. The molecule has 4 heteroatoms. The predicted molar refractivity (Wildman–Crippen MR) is 75.9 cm³/mol. The number of carbonyl (C=O) groups is 1. The van der Waals surface area contributed by atoms with E-state index in [4.69, 9.17) is 5.73 Å². The van der Waals surface area contributed by atoms with E-state index in [1.165, 1.54) is 0 Å². The van der Waals surface area contributed by atoms with Crippen molar-refractivity contribution in [3.05, 3.63) is 59.4 Å². The van der Waals surface area contributed by atoms with E-state index in [-0.39, 0.29) is 5.91 Å². The Morgan fingerprint density at radius 2 is 2.11 bits per heavy atom. The molecule has 4 nitrogen and oxygen atoms in total. The van der Waals surface area contributed by atoms with Gasteiger partial charge in [0.1, 0.15) is 0 Å². The van der Waals surface area contributed by atoms with Gasteiger partial charge in [0.25, 0.3) is 5.91 Å². The Bertz CT molecular complexity index is 567. The molecule has 0 aliphatic heterocycles. The number of rotatable bonds is 4. The van der Waals surface area contributed by atoms with Crippen LogP contribution in [0.15, 0.2) is 42.6 Å². The summed E-state index contributed by atoms with van der Waals surface area (Å²) in [6.07, 6.45) is 2.45. The van der Waals surface area contributed by atoms with Crippen molar-refractivity contribution in [3.63, 3.8) is 0 Å². The summed E-state index contributed by atoms with van der Waals surface area (Å²) in [5.74, 6) is -0.142. The first-order valence-corrected chi connectivity index (χ1v) is 6.21. The summed E-state index contributed by atoms with van der Waals surface area (Å²) < 4.78 is 0. The van der Waals surface area contributed by atoms with Gasteiger partial charge in [-0.3, -0.25) is 9.78 Å². The van der Waals surface area contributed by atoms with E-state index in [1.54, 1.807) is 12.3 Å². The topological polar surface area (TPSA) is 68.0 Å². The average molecular weight is 255 g/mol. The Balaban J connectivity index is 1.93. The van der Waals surface area contributed by atoms with Crippen molar-refractivity contribution in [2.75, 3.05) is 12.3 Å². The van der Waals surface area contributed by atoms with Crippen LogP contribution in [0.1, 0.15) is 21.6 Å². The fraction of sp³-hybridized carbons (Fsp3) is 0.200. The largest absolute Gasteiger partial charge is 0.398 e. The number of nitrogen functional groups attached to an aromatic ring is 1. The highest BCUT2D eigenvalue weighted by atomic mass is 16.1. The first kappa shape index (κ1) is 13.1. The molecular weight excluding hydrogens is 238 g/mol. The monoisotopic (exact) mass is 255 g/mol. The standard InChI is InChI=1S/C15H17N3O/c1-11-5-4-7-13(14(11)16)15(19)18-10-8-12-6-2-3-9-17-12/h2-7,9H,8,10,16H2,1H3,(H,18,19). The van der Waals surface area contributed by atoms with Crippen molar-refractivity contribution in [3.8, 4) is 0 Å². The van der Waals surface area contributed by atoms with Crippen molar-refractivity contribution >= 4 is 11.6 Å². The minimum Gasteiger partial charge on any atom is -0.398 e. The van der Waals surface area contributed by atoms with Gasteiger partial charge in [-0.25, -0.2) is 0 Å². The second-order valence-corrected chi connectivity index (χ2v) is 4.36. The van der Waals surface area contributed by atoms with Gasteiger partial charge in [-0.05, 0) is 30.7 Å². The van der Waals surface area contributed by atoms with Gasteiger partial charge in [-0.2, -0.15) is 0 Å². The van der Waals surface area contributed by atoms with Crippen LogP contribution in [0.5, 0.6) is 0 Å². The van der Waals surface area contributed by atoms with Crippen LogP contribution in [0.4, 0.5) is 5.69 Å². The van der Waals surface area contributed by atoms with Gasteiger partial charge in [0.15, 0.2) is 0 Å². The minimum absolute atomic E-state index is 0.142. The molecule has 0 atom stereocenters. The molecule has 1 amide bonds. The summed E-state index contributed by atoms with van der Waals surface area (Å²) in [4.78, 5) is 16.2. The zero-order chi connectivity index (χ0) is 13.7. The Morgan fingerprint density at radius 3 is 2.84 bits per heavy atom. The van der Waals surface area contributed by atoms with Gasteiger partial charge in [-0.15, -0.1) is 0 Å². The fourth-order valence-electron chi connectivity index (χ4n) is 1.82. The number of aromatic nitrogens is 1. The summed E-state index contributed by atoms with van der Waals surface area (Å²) in [5, 5.41) is 2.86. The van der Waals surface area contributed by atoms with Crippen molar-refractivity contribution in [2.24, 2.45) is 0 Å². The first-order valence-electron chi connectivity index (χ1n) is 6.21. The van der Waals surface area contributed by atoms with E-state index in [1.807, 2.05) is 37.3 Å². The molecule has 0 radical (unpaired) electrons. The number of nitrogens with zero attached hydrogens (tertiary/aromatic N) is 1. The van der Waals surface area contributed by atoms with E-state index in [2.05, 4.69) is 10.3 Å². The zero-order valence-electron chi connectivity index (χ0n) is 10.9. The van der Waals surface area contributed by atoms with Gasteiger partial charge in [0.05, 0.1) is 5.56 Å². The molecular formula is C15H17N3O. The highest BCUT2D eigenvalue weighted by Gasteiger charge is 2.10. The molecule has 0 spiro atoms. The van der Waals surface area contributed by atoms with Crippen LogP contribution in [-0.2, 0) is 6.42 Å². The number of nitrogens with one attached hydrogen (secondary N) is 1. The molecule has 2 aromatic rings. The highest BCUT2D eigenvalue weighted by molar-refractivity contribution is 5.99. The van der Waals surface area contributed by atoms with Gasteiger partial charge < -0.3 is 11.1 Å². The molecule has 2 rings (SSSR count). The predicted octanol–water partition coefficient (Wildman–Crippen LogP) is 1.94. The molecule has 0 bridgehead atoms. The third-order valence-corrected chi connectivity index (χ3v) is 2.96. The maximum Gasteiger partial charge on any atom is 0.253 e. The number of pyridine rings is 1. The third-order valence-electron chi connectivity index (χ3n) is 2.96. The molecule has 98 valence electrons. The van der Waals surface area contributed by atoms with E-state index in [0.29, 0.717) is 24.2 Å². The average Bonchev–Trinajstić information content (AvgIpc) is 2.43. The maximum absolute atomic E-state index is 12.0. The molecule has 0 fully saturated rings. The minimum atomic E-state index is -0.142. The van der Waals surface area contributed by atoms with E-state index in [0.717, 1.165) is 11.3 Å². The van der Waals surface area contributed by atoms with Crippen molar-refractivity contribution in [1.82, 2.24) is 10.3 Å². The molecule has 0 saturated heterocycles. The number of para-hydroxylation sites is 1. The zero-order valence-corrected chi connectivity index (χ0v) is 10.9. The van der Waals surface area contributed by atoms with Crippen molar-refractivity contribution < 1.29 is 4.79 Å². The number of anilines is 1. The number of nitrogens with two attached hydrogens (primary N) is 1. The van der Waals surface area contributed by atoms with Crippen LogP contribution >= 0.6 is 0 Å². The lowest BCUT2D eigenvalue weighted by atomic mass is 10.1. The summed E-state index contributed by atoms with van der Waals surface area (Å²) >= 11 is 0. The van der Waals surface area contributed by atoms with E-state index >= 15 is 0 Å². The lowest BCUT2D eigenvalue weighted by Gasteiger charge is -2.09. The van der Waals surface area contributed by atoms with Gasteiger partial charge in [0, 0.05) is 30.5 Å². The van der Waals surface area contributed by atoms with Gasteiger partial charge in [0.2, 0.25) is 0 Å². The molecule has 1 aromatic carbocycles. The van der Waals surface area contributed by atoms with Gasteiger partial charge >= 0.3 is 0 Å². The molecule has 19 heavy (non-hydrogen) atoms. The number of aryl methyl sites for hydroxylation is 1. The van der Waals surface area contributed by atoms with Crippen LogP contribution in [0, 0.1) is 6.92 Å². The smallest absolute Gasteiger partial charge is 0.253 e. The van der Waals surface area contributed by atoms with Crippen molar-refractivity contribution in [2.45, 2.75) is 13.3 Å². The number of benzene rings is 1. The molecule has 0 unspecified atom stereocenters. The lowest BCUT2D eigenvalue weighted by Crippen LogP contribution is -2.26. The molecule has 1 heterocycles. The number of carbonyl (C=O) groups excluding carboxylic acids is 1.